The number of fused-ring (bicyclic) bond motifs is 2. The molecule has 4 heteroatoms. The molecule has 0 aliphatic heterocycles. The molecule has 2 aliphatic carbocycles. The summed E-state index contributed by atoms with van der Waals surface area (Å²) in [7, 11) is 0. The van der Waals surface area contributed by atoms with E-state index in [1.165, 1.54) is 0 Å². The molecule has 40 heavy (non-hydrogen) atoms. The van der Waals surface area contributed by atoms with Crippen molar-refractivity contribution in [3.05, 3.63) is 11.3 Å². The third kappa shape index (κ3) is 6.53. The third-order valence-corrected chi connectivity index (χ3v) is 11.2. The van der Waals surface area contributed by atoms with E-state index in [-0.39, 0.29) is 23.4 Å². The minimum Gasteiger partial charge on any atom is -0.511 e. The van der Waals surface area contributed by atoms with Gasteiger partial charge in [0.15, 0.2) is 5.78 Å². The van der Waals surface area contributed by atoms with Gasteiger partial charge in [-0.25, -0.2) is 0 Å². The quantitative estimate of drug-likeness (QED) is 0.175. The summed E-state index contributed by atoms with van der Waals surface area (Å²) >= 11 is 0. The Balaban J connectivity index is 2.95. The molecule has 0 heterocycles. The number of hydrogen-bond acceptors (Lipinski definition) is 4. The van der Waals surface area contributed by atoms with Crippen LogP contribution in [0.2, 0.25) is 0 Å². The van der Waals surface area contributed by atoms with Crippen molar-refractivity contribution in [2.45, 2.75) is 159 Å². The molecule has 0 saturated heterocycles. The third-order valence-electron chi connectivity index (χ3n) is 11.2. The Labute approximate surface area is 247 Å². The second kappa shape index (κ2) is 14.1. The molecule has 0 aromatic heterocycles. The van der Waals surface area contributed by atoms with Gasteiger partial charge in [-0.2, -0.15) is 0 Å². The van der Waals surface area contributed by atoms with Crippen LogP contribution in [0.3, 0.4) is 0 Å². The predicted octanol–water partition coefficient (Wildman–Crippen LogP) is 9.28. The molecule has 0 aromatic carbocycles. The van der Waals surface area contributed by atoms with E-state index in [4.69, 9.17) is 0 Å². The highest BCUT2D eigenvalue weighted by atomic mass is 16.3. The lowest BCUT2D eigenvalue weighted by Gasteiger charge is -2.68. The molecule has 1 fully saturated rings. The van der Waals surface area contributed by atoms with E-state index in [0.29, 0.717) is 48.5 Å². The zero-order valence-corrected chi connectivity index (χ0v) is 28.1. The Kier molecular flexibility index (Phi) is 12.4. The Morgan fingerprint density at radius 3 is 1.90 bits per heavy atom. The zero-order chi connectivity index (χ0) is 30.6. The molecule has 4 nitrogen and oxygen atoms in total. The van der Waals surface area contributed by atoms with E-state index < -0.39 is 28.5 Å². The van der Waals surface area contributed by atoms with Crippen LogP contribution in [0.5, 0.6) is 0 Å². The second-order valence-electron chi connectivity index (χ2n) is 15.9. The van der Waals surface area contributed by atoms with E-state index >= 15 is 4.79 Å². The van der Waals surface area contributed by atoms with Gasteiger partial charge in [-0.05, 0) is 85.9 Å². The van der Waals surface area contributed by atoms with E-state index in [1.807, 2.05) is 6.92 Å². The van der Waals surface area contributed by atoms with Gasteiger partial charge in [0.25, 0.3) is 0 Å². The van der Waals surface area contributed by atoms with Crippen molar-refractivity contribution >= 4 is 5.78 Å². The molecule has 0 amide bonds. The monoisotopic (exact) mass is 562 g/mol. The van der Waals surface area contributed by atoms with Crippen molar-refractivity contribution in [3.63, 3.8) is 0 Å². The van der Waals surface area contributed by atoms with Crippen molar-refractivity contribution < 1.29 is 20.1 Å². The number of hydrogen-bond donors (Lipinski definition) is 3. The summed E-state index contributed by atoms with van der Waals surface area (Å²) in [6.07, 6.45) is 7.00. The fraction of sp³-hybridized carbons (Fsp3) is 0.917. The van der Waals surface area contributed by atoms with Crippen LogP contribution in [0.15, 0.2) is 11.3 Å². The summed E-state index contributed by atoms with van der Waals surface area (Å²) in [5.41, 5.74) is -2.28. The Bertz CT molecular complexity index is 857. The first-order chi connectivity index (χ1) is 18.5. The van der Waals surface area contributed by atoms with Crippen LogP contribution in [-0.2, 0) is 4.79 Å². The van der Waals surface area contributed by atoms with Crippen LogP contribution in [0.25, 0.3) is 0 Å². The topological polar surface area (TPSA) is 77.8 Å². The van der Waals surface area contributed by atoms with E-state index in [9.17, 15) is 15.3 Å². The van der Waals surface area contributed by atoms with E-state index in [1.54, 1.807) is 0 Å². The fourth-order valence-corrected chi connectivity index (χ4v) is 8.25. The number of carbonyl (C=O) groups is 1. The lowest BCUT2D eigenvalue weighted by molar-refractivity contribution is -0.249. The summed E-state index contributed by atoms with van der Waals surface area (Å²) in [5, 5.41) is 37.3. The highest BCUT2D eigenvalue weighted by Crippen LogP contribution is 2.70. The minimum atomic E-state index is -1.32. The van der Waals surface area contributed by atoms with Crippen LogP contribution < -0.4 is 0 Å². The normalized spacial score (nSPS) is 32.6. The molecule has 2 bridgehead atoms. The molecule has 7 atom stereocenters. The standard InChI is InChI=1S/C36H66O4/c1-12-27(10)30(37)36-32(39)29(18-16-25(6)7)31(38)35(33(36)40,21-19-26(8)9)22-28(17-15-24(4)5)34(36,11)20-13-14-23(2)3/h23-28,30,33,37-38,40H,12-22H2,1-11H3/t27?,28-,30?,33?,34+,35+,36-/m0/s1. The van der Waals surface area contributed by atoms with Gasteiger partial charge in [-0.15, -0.1) is 0 Å². The van der Waals surface area contributed by atoms with Gasteiger partial charge in [0.05, 0.1) is 23.0 Å². The van der Waals surface area contributed by atoms with Gasteiger partial charge in [0, 0.05) is 5.57 Å². The number of allylic oxidation sites excluding steroid dienone is 1. The molecule has 1 saturated carbocycles. The Hall–Kier alpha value is -0.870. The van der Waals surface area contributed by atoms with Gasteiger partial charge < -0.3 is 15.3 Å². The summed E-state index contributed by atoms with van der Waals surface area (Å²) in [6, 6.07) is 0. The molecular weight excluding hydrogens is 496 g/mol. The maximum Gasteiger partial charge on any atom is 0.174 e. The van der Waals surface area contributed by atoms with E-state index in [0.717, 1.165) is 51.4 Å². The predicted molar refractivity (Wildman–Crippen MR) is 168 cm³/mol. The van der Waals surface area contributed by atoms with E-state index in [2.05, 4.69) is 69.2 Å². The smallest absolute Gasteiger partial charge is 0.174 e. The molecular formula is C36H66O4. The van der Waals surface area contributed by atoms with Crippen molar-refractivity contribution in [3.8, 4) is 0 Å². The van der Waals surface area contributed by atoms with Crippen LogP contribution in [0.4, 0.5) is 0 Å². The highest BCUT2D eigenvalue weighted by molar-refractivity contribution is 6.03. The van der Waals surface area contributed by atoms with Gasteiger partial charge in [-0.1, -0.05) is 102 Å². The molecule has 2 rings (SSSR count). The molecule has 234 valence electrons. The van der Waals surface area contributed by atoms with Crippen LogP contribution >= 0.6 is 0 Å². The molecule has 3 N–H and O–H groups in total. The zero-order valence-electron chi connectivity index (χ0n) is 28.1. The maximum atomic E-state index is 15.1. The fourth-order valence-electron chi connectivity index (χ4n) is 8.25. The minimum absolute atomic E-state index is 0.133. The molecule has 0 spiro atoms. The first-order valence-electron chi connectivity index (χ1n) is 16.9. The summed E-state index contributed by atoms with van der Waals surface area (Å²) in [6.45, 7) is 24.0. The number of aliphatic hydroxyl groups is 3. The van der Waals surface area contributed by atoms with Crippen molar-refractivity contribution in [1.82, 2.24) is 0 Å². The molecule has 0 radical (unpaired) electrons. The van der Waals surface area contributed by atoms with Gasteiger partial charge >= 0.3 is 0 Å². The number of ketones is 1. The largest absolute Gasteiger partial charge is 0.511 e. The van der Waals surface area contributed by atoms with Gasteiger partial charge in [0.2, 0.25) is 0 Å². The average Bonchev–Trinajstić information content (AvgIpc) is 2.86. The number of aliphatic hydroxyl groups excluding tert-OH is 3. The lowest BCUT2D eigenvalue weighted by atomic mass is 9.36. The first kappa shape index (κ1) is 35.3. The van der Waals surface area contributed by atoms with Crippen LogP contribution in [0, 0.1) is 51.8 Å². The Morgan fingerprint density at radius 2 is 1.40 bits per heavy atom. The van der Waals surface area contributed by atoms with Gasteiger partial charge in [-0.3, -0.25) is 4.79 Å². The molecule has 0 aromatic rings. The maximum absolute atomic E-state index is 15.1. The highest BCUT2D eigenvalue weighted by Gasteiger charge is 2.75. The second-order valence-corrected chi connectivity index (χ2v) is 15.9. The van der Waals surface area contributed by atoms with Crippen molar-refractivity contribution in [1.29, 1.82) is 0 Å². The van der Waals surface area contributed by atoms with Crippen LogP contribution in [-0.4, -0.2) is 33.3 Å². The molecule has 2 aliphatic rings. The number of rotatable bonds is 16. The van der Waals surface area contributed by atoms with Crippen molar-refractivity contribution in [2.24, 2.45) is 51.8 Å². The Morgan fingerprint density at radius 1 is 0.850 bits per heavy atom. The lowest BCUT2D eigenvalue weighted by Crippen LogP contribution is -2.74. The van der Waals surface area contributed by atoms with Crippen LogP contribution in [0.1, 0.15) is 147 Å². The summed E-state index contributed by atoms with van der Waals surface area (Å²) < 4.78 is 0. The van der Waals surface area contributed by atoms with Crippen molar-refractivity contribution in [2.75, 3.05) is 0 Å². The summed E-state index contributed by atoms with van der Waals surface area (Å²) in [5.74, 6) is 1.86. The van der Waals surface area contributed by atoms with Gasteiger partial charge in [0.1, 0.15) is 5.76 Å². The SMILES string of the molecule is CCC(C)C(O)[C@@]12C(=O)C(CCC(C)C)=C(O)[C@@](CCC(C)C)(C[C@H](CCC(C)C)[C@@]1(C)CCCC(C)C)C2O. The number of carbonyl (C=O) groups excluding carboxylic acids is 1. The first-order valence-corrected chi connectivity index (χ1v) is 16.9. The average molecular weight is 563 g/mol. The summed E-state index contributed by atoms with van der Waals surface area (Å²) in [4.78, 5) is 15.1. The number of Topliss-reactive ketones (excluding diaryl/α,β-unsaturated/α-hetero) is 1. The molecule has 3 unspecified atom stereocenters.